The van der Waals surface area contributed by atoms with Crippen molar-refractivity contribution in [3.05, 3.63) is 35.4 Å². The molecule has 1 aromatic carbocycles. The maximum Gasteiger partial charge on any atom is 0.251 e. The van der Waals surface area contributed by atoms with Gasteiger partial charge in [-0.15, -0.1) is 0 Å². The van der Waals surface area contributed by atoms with E-state index in [1.54, 1.807) is 0 Å². The Balaban J connectivity index is 1.82. The minimum Gasteiger partial charge on any atom is -0.352 e. The first-order valence-electron chi connectivity index (χ1n) is 7.59. The Morgan fingerprint density at radius 2 is 2.00 bits per heavy atom. The summed E-state index contributed by atoms with van der Waals surface area (Å²) in [6.07, 6.45) is 3.51. The third kappa shape index (κ3) is 4.07. The normalized spacial score (nSPS) is 19.1. The van der Waals surface area contributed by atoms with E-state index in [4.69, 9.17) is 0 Å². The van der Waals surface area contributed by atoms with Crippen LogP contribution in [0.25, 0.3) is 0 Å². The lowest BCUT2D eigenvalue weighted by atomic mass is 9.87. The average molecular weight is 274 g/mol. The second-order valence-corrected chi connectivity index (χ2v) is 6.67. The Kier molecular flexibility index (Phi) is 4.81. The van der Waals surface area contributed by atoms with Gasteiger partial charge in [0.15, 0.2) is 0 Å². The molecule has 0 aromatic heterocycles. The van der Waals surface area contributed by atoms with Gasteiger partial charge in [0.05, 0.1) is 0 Å². The molecular formula is C17H26N2O. The van der Waals surface area contributed by atoms with Gasteiger partial charge in [0.2, 0.25) is 0 Å². The average Bonchev–Trinajstić information content (AvgIpc) is 2.91. The third-order valence-electron chi connectivity index (χ3n) is 3.95. The van der Waals surface area contributed by atoms with Gasteiger partial charge in [0.1, 0.15) is 0 Å². The highest BCUT2D eigenvalue weighted by Crippen LogP contribution is 2.22. The van der Waals surface area contributed by atoms with Crippen molar-refractivity contribution in [2.24, 2.45) is 0 Å². The van der Waals surface area contributed by atoms with E-state index < -0.39 is 0 Å². The predicted octanol–water partition coefficient (Wildman–Crippen LogP) is 2.86. The Hall–Kier alpha value is -1.35. The lowest BCUT2D eigenvalue weighted by Crippen LogP contribution is -2.30. The number of hydrogen-bond donors (Lipinski definition) is 2. The van der Waals surface area contributed by atoms with Crippen molar-refractivity contribution in [2.45, 2.75) is 51.5 Å². The highest BCUT2D eigenvalue weighted by molar-refractivity contribution is 5.94. The van der Waals surface area contributed by atoms with Gasteiger partial charge in [0.25, 0.3) is 5.91 Å². The monoisotopic (exact) mass is 274 g/mol. The van der Waals surface area contributed by atoms with Gasteiger partial charge in [-0.2, -0.15) is 0 Å². The number of carbonyl (C=O) groups is 1. The molecule has 20 heavy (non-hydrogen) atoms. The van der Waals surface area contributed by atoms with Crippen LogP contribution in [0.2, 0.25) is 0 Å². The van der Waals surface area contributed by atoms with Gasteiger partial charge < -0.3 is 10.6 Å². The fourth-order valence-electron chi connectivity index (χ4n) is 2.59. The lowest BCUT2D eigenvalue weighted by Gasteiger charge is -2.19. The van der Waals surface area contributed by atoms with Crippen molar-refractivity contribution in [3.8, 4) is 0 Å². The van der Waals surface area contributed by atoms with Crippen LogP contribution < -0.4 is 10.6 Å². The van der Waals surface area contributed by atoms with E-state index in [9.17, 15) is 4.79 Å². The molecule has 1 heterocycles. The summed E-state index contributed by atoms with van der Waals surface area (Å²) >= 11 is 0. The molecule has 2 rings (SSSR count). The Bertz CT molecular complexity index is 439. The van der Waals surface area contributed by atoms with E-state index in [-0.39, 0.29) is 11.3 Å². The SMILES string of the molecule is CC(C)(C)c1ccc(C(=O)NCCC2CCCN2)cc1. The Morgan fingerprint density at radius 3 is 2.55 bits per heavy atom. The summed E-state index contributed by atoms with van der Waals surface area (Å²) in [5, 5.41) is 6.45. The number of rotatable bonds is 4. The van der Waals surface area contributed by atoms with Crippen LogP contribution in [-0.2, 0) is 5.41 Å². The largest absolute Gasteiger partial charge is 0.352 e. The molecule has 0 saturated carbocycles. The molecular weight excluding hydrogens is 248 g/mol. The highest BCUT2D eigenvalue weighted by Gasteiger charge is 2.15. The van der Waals surface area contributed by atoms with Gasteiger partial charge in [-0.05, 0) is 48.9 Å². The van der Waals surface area contributed by atoms with Crippen LogP contribution in [0.5, 0.6) is 0 Å². The summed E-state index contributed by atoms with van der Waals surface area (Å²) < 4.78 is 0. The number of nitrogens with one attached hydrogen (secondary N) is 2. The molecule has 0 bridgehead atoms. The van der Waals surface area contributed by atoms with E-state index in [0.717, 1.165) is 25.1 Å². The quantitative estimate of drug-likeness (QED) is 0.886. The Labute approximate surface area is 122 Å². The van der Waals surface area contributed by atoms with Gasteiger partial charge in [-0.1, -0.05) is 32.9 Å². The summed E-state index contributed by atoms with van der Waals surface area (Å²) in [7, 11) is 0. The smallest absolute Gasteiger partial charge is 0.251 e. The van der Waals surface area contributed by atoms with Gasteiger partial charge in [-0.3, -0.25) is 4.79 Å². The third-order valence-corrected chi connectivity index (χ3v) is 3.95. The topological polar surface area (TPSA) is 41.1 Å². The zero-order valence-electron chi connectivity index (χ0n) is 12.8. The van der Waals surface area contributed by atoms with Crippen LogP contribution in [-0.4, -0.2) is 25.0 Å². The molecule has 0 spiro atoms. The summed E-state index contributed by atoms with van der Waals surface area (Å²) in [5.74, 6) is 0.0310. The number of hydrogen-bond acceptors (Lipinski definition) is 2. The van der Waals surface area contributed by atoms with E-state index in [1.807, 2.05) is 24.3 Å². The summed E-state index contributed by atoms with van der Waals surface area (Å²) in [6.45, 7) is 8.40. The maximum atomic E-state index is 12.0. The minimum absolute atomic E-state index is 0.0310. The van der Waals surface area contributed by atoms with E-state index >= 15 is 0 Å². The van der Waals surface area contributed by atoms with Crippen LogP contribution in [0, 0.1) is 0 Å². The van der Waals surface area contributed by atoms with E-state index in [1.165, 1.54) is 18.4 Å². The van der Waals surface area contributed by atoms with E-state index in [0.29, 0.717) is 6.04 Å². The van der Waals surface area contributed by atoms with Crippen LogP contribution in [0.4, 0.5) is 0 Å². The molecule has 1 atom stereocenters. The zero-order valence-corrected chi connectivity index (χ0v) is 12.8. The molecule has 1 aliphatic rings. The second-order valence-electron chi connectivity index (χ2n) is 6.67. The molecule has 110 valence electrons. The van der Waals surface area contributed by atoms with E-state index in [2.05, 4.69) is 31.4 Å². The number of carbonyl (C=O) groups excluding carboxylic acids is 1. The van der Waals surface area contributed by atoms with Crippen molar-refractivity contribution in [1.82, 2.24) is 10.6 Å². The second kappa shape index (κ2) is 6.40. The summed E-state index contributed by atoms with van der Waals surface area (Å²) in [5.41, 5.74) is 2.13. The van der Waals surface area contributed by atoms with Crippen molar-refractivity contribution in [2.75, 3.05) is 13.1 Å². The molecule has 1 aromatic rings. The van der Waals surface area contributed by atoms with Gasteiger partial charge in [0, 0.05) is 18.2 Å². The maximum absolute atomic E-state index is 12.0. The first-order valence-corrected chi connectivity index (χ1v) is 7.59. The molecule has 1 aliphatic heterocycles. The lowest BCUT2D eigenvalue weighted by molar-refractivity contribution is 0.0952. The first kappa shape index (κ1) is 15.0. The van der Waals surface area contributed by atoms with Gasteiger partial charge >= 0.3 is 0 Å². The molecule has 1 unspecified atom stereocenters. The molecule has 1 saturated heterocycles. The Morgan fingerprint density at radius 1 is 1.30 bits per heavy atom. The highest BCUT2D eigenvalue weighted by atomic mass is 16.1. The van der Waals surface area contributed by atoms with Crippen molar-refractivity contribution >= 4 is 5.91 Å². The van der Waals surface area contributed by atoms with Crippen molar-refractivity contribution in [3.63, 3.8) is 0 Å². The zero-order chi connectivity index (χ0) is 14.6. The van der Waals surface area contributed by atoms with Crippen LogP contribution in [0.1, 0.15) is 56.0 Å². The molecule has 3 heteroatoms. The number of amides is 1. The predicted molar refractivity (Wildman–Crippen MR) is 83.1 cm³/mol. The van der Waals surface area contributed by atoms with Crippen molar-refractivity contribution in [1.29, 1.82) is 0 Å². The van der Waals surface area contributed by atoms with Crippen LogP contribution in [0.3, 0.4) is 0 Å². The molecule has 2 N–H and O–H groups in total. The first-order chi connectivity index (χ1) is 9.47. The van der Waals surface area contributed by atoms with Gasteiger partial charge in [-0.25, -0.2) is 0 Å². The fraction of sp³-hybridized carbons (Fsp3) is 0.588. The number of benzene rings is 1. The summed E-state index contributed by atoms with van der Waals surface area (Å²) in [4.78, 5) is 12.0. The summed E-state index contributed by atoms with van der Waals surface area (Å²) in [6, 6.07) is 8.52. The molecule has 1 fully saturated rings. The molecule has 3 nitrogen and oxygen atoms in total. The molecule has 1 amide bonds. The van der Waals surface area contributed by atoms with Crippen LogP contribution in [0.15, 0.2) is 24.3 Å². The minimum atomic E-state index is 0.0310. The fourth-order valence-corrected chi connectivity index (χ4v) is 2.59. The standard InChI is InChI=1S/C17H26N2O/c1-17(2,3)14-8-6-13(7-9-14)16(20)19-12-10-15-5-4-11-18-15/h6-9,15,18H,4-5,10-12H2,1-3H3,(H,19,20). The van der Waals surface area contributed by atoms with Crippen LogP contribution >= 0.6 is 0 Å². The van der Waals surface area contributed by atoms with Crippen molar-refractivity contribution < 1.29 is 4.79 Å². The molecule has 0 aliphatic carbocycles. The molecule has 0 radical (unpaired) electrons.